The first kappa shape index (κ1) is 9.63. The van der Waals surface area contributed by atoms with Crippen LogP contribution in [0.25, 0.3) is 0 Å². The van der Waals surface area contributed by atoms with E-state index in [0.717, 1.165) is 13.0 Å². The minimum atomic E-state index is 0.671. The van der Waals surface area contributed by atoms with Crippen LogP contribution >= 0.6 is 0 Å². The van der Waals surface area contributed by atoms with Crippen molar-refractivity contribution in [1.82, 2.24) is 0 Å². The van der Waals surface area contributed by atoms with Crippen LogP contribution in [0.5, 0.6) is 0 Å². The molecule has 0 aliphatic heterocycles. The Balaban J connectivity index is 2.88. The van der Waals surface area contributed by atoms with Crippen molar-refractivity contribution in [2.24, 2.45) is 10.7 Å². The third-order valence-electron chi connectivity index (χ3n) is 1.32. The number of nitrogens with zero attached hydrogens (tertiary/aromatic N) is 1. The Kier molecular flexibility index (Phi) is 8.31. The van der Waals surface area contributed by atoms with Crippen LogP contribution in [0.1, 0.15) is 32.6 Å². The van der Waals surface area contributed by atoms with Crippen LogP contribution < -0.4 is 5.73 Å². The third kappa shape index (κ3) is 7.63. The summed E-state index contributed by atoms with van der Waals surface area (Å²) < 4.78 is 0. The molecular weight excluding hydrogens is 124 g/mol. The molecule has 0 aliphatic rings. The summed E-state index contributed by atoms with van der Waals surface area (Å²) in [5, 5.41) is 0. The summed E-state index contributed by atoms with van der Waals surface area (Å²) in [7, 11) is 0. The van der Waals surface area contributed by atoms with Gasteiger partial charge in [-0.05, 0) is 19.1 Å². The van der Waals surface area contributed by atoms with E-state index in [2.05, 4.69) is 11.9 Å². The Hall–Kier alpha value is -0.370. The summed E-state index contributed by atoms with van der Waals surface area (Å²) in [5.41, 5.74) is 5.26. The highest BCUT2D eigenvalue weighted by Gasteiger charge is 1.80. The summed E-state index contributed by atoms with van der Waals surface area (Å²) in [5.74, 6) is 0. The molecule has 0 fully saturated rings. The molecule has 2 N–H and O–H groups in total. The Morgan fingerprint density at radius 2 is 2.20 bits per heavy atom. The molecular formula is C8H18N2. The fourth-order valence-electron chi connectivity index (χ4n) is 0.743. The minimum Gasteiger partial charge on any atom is -0.329 e. The van der Waals surface area contributed by atoms with Crippen LogP contribution in [0.4, 0.5) is 0 Å². The molecule has 0 bridgehead atoms. The molecule has 10 heavy (non-hydrogen) atoms. The second-order valence-corrected chi connectivity index (χ2v) is 2.37. The van der Waals surface area contributed by atoms with Gasteiger partial charge in [0.25, 0.3) is 0 Å². The van der Waals surface area contributed by atoms with E-state index in [0.29, 0.717) is 6.54 Å². The van der Waals surface area contributed by atoms with Crippen molar-refractivity contribution in [1.29, 1.82) is 0 Å². The average molecular weight is 142 g/mol. The number of hydrogen-bond acceptors (Lipinski definition) is 2. The van der Waals surface area contributed by atoms with Gasteiger partial charge < -0.3 is 5.73 Å². The molecule has 0 spiro atoms. The van der Waals surface area contributed by atoms with Gasteiger partial charge in [0.2, 0.25) is 0 Å². The molecule has 0 aromatic heterocycles. The van der Waals surface area contributed by atoms with Crippen LogP contribution in [0, 0.1) is 0 Å². The van der Waals surface area contributed by atoms with Crippen molar-refractivity contribution in [3.63, 3.8) is 0 Å². The summed E-state index contributed by atoms with van der Waals surface area (Å²) in [6.07, 6.45) is 6.97. The van der Waals surface area contributed by atoms with Crippen LogP contribution in [-0.2, 0) is 0 Å². The van der Waals surface area contributed by atoms with E-state index >= 15 is 0 Å². The number of aliphatic imine (C=N–C) groups is 1. The van der Waals surface area contributed by atoms with Crippen molar-refractivity contribution >= 4 is 6.21 Å². The molecule has 0 saturated carbocycles. The van der Waals surface area contributed by atoms with E-state index in [-0.39, 0.29) is 0 Å². The zero-order valence-electron chi connectivity index (χ0n) is 6.84. The zero-order valence-corrected chi connectivity index (χ0v) is 6.84. The number of rotatable bonds is 6. The van der Waals surface area contributed by atoms with E-state index in [1.165, 1.54) is 19.3 Å². The Labute approximate surface area is 63.5 Å². The summed E-state index contributed by atoms with van der Waals surface area (Å²) in [4.78, 5) is 4.11. The minimum absolute atomic E-state index is 0.671. The van der Waals surface area contributed by atoms with E-state index < -0.39 is 0 Å². The number of unbranched alkanes of at least 4 members (excludes halogenated alkanes) is 3. The molecule has 0 unspecified atom stereocenters. The molecule has 2 nitrogen and oxygen atoms in total. The lowest BCUT2D eigenvalue weighted by Crippen LogP contribution is -2.02. The highest BCUT2D eigenvalue weighted by molar-refractivity contribution is 5.56. The van der Waals surface area contributed by atoms with Gasteiger partial charge in [-0.2, -0.15) is 0 Å². The van der Waals surface area contributed by atoms with E-state index in [9.17, 15) is 0 Å². The molecule has 0 rings (SSSR count). The molecule has 0 aliphatic carbocycles. The molecule has 0 atom stereocenters. The van der Waals surface area contributed by atoms with Crippen LogP contribution in [0.3, 0.4) is 0 Å². The molecule has 0 radical (unpaired) electrons. The van der Waals surface area contributed by atoms with Gasteiger partial charge in [-0.1, -0.05) is 19.8 Å². The maximum absolute atomic E-state index is 5.26. The standard InChI is InChI=1S/C8H18N2/c1-2-3-4-5-7-10-8-6-9/h7H,2-6,8-9H2,1H3. The summed E-state index contributed by atoms with van der Waals surface area (Å²) >= 11 is 0. The number of nitrogens with two attached hydrogens (primary N) is 1. The van der Waals surface area contributed by atoms with Gasteiger partial charge in [0, 0.05) is 6.54 Å². The molecule has 0 aromatic rings. The van der Waals surface area contributed by atoms with Gasteiger partial charge in [0.1, 0.15) is 0 Å². The first-order valence-corrected chi connectivity index (χ1v) is 4.10. The van der Waals surface area contributed by atoms with Gasteiger partial charge in [-0.15, -0.1) is 0 Å². The average Bonchev–Trinajstić information content (AvgIpc) is 1.97. The van der Waals surface area contributed by atoms with Crippen molar-refractivity contribution in [3.8, 4) is 0 Å². The monoisotopic (exact) mass is 142 g/mol. The molecule has 0 amide bonds. The largest absolute Gasteiger partial charge is 0.329 e. The Bertz CT molecular complexity index is 79.3. The van der Waals surface area contributed by atoms with E-state index in [1.54, 1.807) is 0 Å². The van der Waals surface area contributed by atoms with Crippen molar-refractivity contribution < 1.29 is 0 Å². The second kappa shape index (κ2) is 8.63. The Morgan fingerprint density at radius 1 is 1.40 bits per heavy atom. The van der Waals surface area contributed by atoms with Crippen molar-refractivity contribution in [3.05, 3.63) is 0 Å². The topological polar surface area (TPSA) is 38.4 Å². The first-order valence-electron chi connectivity index (χ1n) is 4.10. The van der Waals surface area contributed by atoms with Gasteiger partial charge in [0.15, 0.2) is 0 Å². The Morgan fingerprint density at radius 3 is 2.80 bits per heavy atom. The lowest BCUT2D eigenvalue weighted by Gasteiger charge is -1.90. The normalized spacial score (nSPS) is 11.0. The van der Waals surface area contributed by atoms with Crippen LogP contribution in [0.2, 0.25) is 0 Å². The number of hydrogen-bond donors (Lipinski definition) is 1. The van der Waals surface area contributed by atoms with Gasteiger partial charge in [-0.25, -0.2) is 0 Å². The van der Waals surface area contributed by atoms with Crippen molar-refractivity contribution in [2.45, 2.75) is 32.6 Å². The van der Waals surface area contributed by atoms with Crippen molar-refractivity contribution in [2.75, 3.05) is 13.1 Å². The molecule has 0 heterocycles. The predicted molar refractivity (Wildman–Crippen MR) is 46.6 cm³/mol. The fourth-order valence-corrected chi connectivity index (χ4v) is 0.743. The lowest BCUT2D eigenvalue weighted by atomic mass is 10.2. The second-order valence-electron chi connectivity index (χ2n) is 2.37. The quantitative estimate of drug-likeness (QED) is 0.444. The SMILES string of the molecule is CCCCCC=NCCN. The molecule has 0 saturated heterocycles. The highest BCUT2D eigenvalue weighted by Crippen LogP contribution is 1.95. The van der Waals surface area contributed by atoms with E-state index in [4.69, 9.17) is 5.73 Å². The lowest BCUT2D eigenvalue weighted by molar-refractivity contribution is 0.745. The summed E-state index contributed by atoms with van der Waals surface area (Å²) in [6, 6.07) is 0. The summed E-state index contributed by atoms with van der Waals surface area (Å²) in [6.45, 7) is 3.66. The predicted octanol–water partition coefficient (Wildman–Crippen LogP) is 1.60. The van der Waals surface area contributed by atoms with E-state index in [1.807, 2.05) is 6.21 Å². The maximum Gasteiger partial charge on any atom is 0.0508 e. The van der Waals surface area contributed by atoms with Gasteiger partial charge >= 0.3 is 0 Å². The van der Waals surface area contributed by atoms with Crippen LogP contribution in [-0.4, -0.2) is 19.3 Å². The highest BCUT2D eigenvalue weighted by atomic mass is 14.7. The van der Waals surface area contributed by atoms with Crippen LogP contribution in [0.15, 0.2) is 4.99 Å². The smallest absolute Gasteiger partial charge is 0.0508 e. The molecule has 2 heteroatoms. The molecule has 0 aromatic carbocycles. The van der Waals surface area contributed by atoms with Gasteiger partial charge in [0.05, 0.1) is 6.54 Å². The fraction of sp³-hybridized carbons (Fsp3) is 0.875. The first-order chi connectivity index (χ1) is 4.91. The third-order valence-corrected chi connectivity index (χ3v) is 1.32. The maximum atomic E-state index is 5.26. The molecule has 60 valence electrons. The zero-order chi connectivity index (χ0) is 7.66. The van der Waals surface area contributed by atoms with Gasteiger partial charge in [-0.3, -0.25) is 4.99 Å².